The summed E-state index contributed by atoms with van der Waals surface area (Å²) in [5.41, 5.74) is 0. The molecule has 0 amide bonds. The van der Waals surface area contributed by atoms with E-state index in [-0.39, 0.29) is 0 Å². The first-order valence-electron chi connectivity index (χ1n) is 6.46. The minimum Gasteiger partial charge on any atom is -0.381 e. The molecule has 0 atom stereocenters. The normalized spacial score (nSPS) is 24.5. The van der Waals surface area contributed by atoms with Crippen LogP contribution in [0.1, 0.15) is 51.4 Å². The molecule has 1 aliphatic carbocycles. The summed E-state index contributed by atoms with van der Waals surface area (Å²) >= 11 is 0. The van der Waals surface area contributed by atoms with Crippen LogP contribution in [0.4, 0.5) is 0 Å². The Morgan fingerprint density at radius 3 is 2.40 bits per heavy atom. The van der Waals surface area contributed by atoms with Gasteiger partial charge in [0.1, 0.15) is 5.78 Å². The molecule has 2 fully saturated rings. The molecule has 0 N–H and O–H groups in total. The maximum absolute atomic E-state index is 11.9. The molecule has 15 heavy (non-hydrogen) atoms. The largest absolute Gasteiger partial charge is 0.381 e. The van der Waals surface area contributed by atoms with Gasteiger partial charge in [0, 0.05) is 25.6 Å². The molecule has 0 aromatic heterocycles. The van der Waals surface area contributed by atoms with Crippen molar-refractivity contribution in [2.75, 3.05) is 13.2 Å². The first-order valence-corrected chi connectivity index (χ1v) is 6.46. The molecular weight excluding hydrogens is 188 g/mol. The molecule has 0 bridgehead atoms. The Morgan fingerprint density at radius 2 is 1.73 bits per heavy atom. The van der Waals surface area contributed by atoms with E-state index in [1.54, 1.807) is 0 Å². The van der Waals surface area contributed by atoms with Crippen LogP contribution in [0.5, 0.6) is 0 Å². The highest BCUT2D eigenvalue weighted by atomic mass is 16.5. The average molecular weight is 210 g/mol. The van der Waals surface area contributed by atoms with Crippen LogP contribution in [-0.4, -0.2) is 19.0 Å². The molecule has 0 aromatic carbocycles. The molecule has 1 aliphatic heterocycles. The lowest BCUT2D eigenvalue weighted by atomic mass is 9.90. The second kappa shape index (κ2) is 5.64. The van der Waals surface area contributed by atoms with Crippen molar-refractivity contribution in [3.05, 3.63) is 0 Å². The van der Waals surface area contributed by atoms with E-state index in [0.29, 0.717) is 11.7 Å². The Balaban J connectivity index is 1.66. The second-order valence-corrected chi connectivity index (χ2v) is 5.04. The van der Waals surface area contributed by atoms with Crippen molar-refractivity contribution in [2.24, 2.45) is 11.8 Å². The fourth-order valence-corrected chi connectivity index (χ4v) is 2.87. The van der Waals surface area contributed by atoms with Crippen LogP contribution in [0.25, 0.3) is 0 Å². The van der Waals surface area contributed by atoms with Crippen molar-refractivity contribution in [2.45, 2.75) is 51.4 Å². The van der Waals surface area contributed by atoms with Gasteiger partial charge in [0.15, 0.2) is 0 Å². The first-order chi connectivity index (χ1) is 7.36. The first kappa shape index (κ1) is 11.1. The summed E-state index contributed by atoms with van der Waals surface area (Å²) in [6.45, 7) is 1.58. The van der Waals surface area contributed by atoms with E-state index in [1.807, 2.05) is 0 Å². The van der Waals surface area contributed by atoms with Gasteiger partial charge >= 0.3 is 0 Å². The lowest BCUT2D eigenvalue weighted by Gasteiger charge is -2.21. The average Bonchev–Trinajstić information content (AvgIpc) is 2.80. The zero-order valence-electron chi connectivity index (χ0n) is 9.54. The quantitative estimate of drug-likeness (QED) is 0.713. The van der Waals surface area contributed by atoms with Crippen molar-refractivity contribution in [3.63, 3.8) is 0 Å². The summed E-state index contributed by atoms with van der Waals surface area (Å²) in [6, 6.07) is 0. The molecule has 1 saturated carbocycles. The number of carbonyl (C=O) groups excluding carboxylic acids is 1. The molecule has 0 unspecified atom stereocenters. The maximum Gasteiger partial charge on any atom is 0.136 e. The summed E-state index contributed by atoms with van der Waals surface area (Å²) in [5.74, 6) is 1.68. The van der Waals surface area contributed by atoms with E-state index in [9.17, 15) is 4.79 Å². The Kier molecular flexibility index (Phi) is 4.18. The SMILES string of the molecule is O=C(CCC1CCCC1)C1CCOCC1. The smallest absolute Gasteiger partial charge is 0.136 e. The molecule has 0 aromatic rings. The van der Waals surface area contributed by atoms with Crippen LogP contribution in [0.2, 0.25) is 0 Å². The highest BCUT2D eigenvalue weighted by molar-refractivity contribution is 5.81. The lowest BCUT2D eigenvalue weighted by Crippen LogP contribution is -2.23. The van der Waals surface area contributed by atoms with Crippen LogP contribution in [0.15, 0.2) is 0 Å². The number of ether oxygens (including phenoxy) is 1. The molecule has 2 aliphatic rings. The molecule has 1 heterocycles. The van der Waals surface area contributed by atoms with Crippen LogP contribution in [0.3, 0.4) is 0 Å². The van der Waals surface area contributed by atoms with Gasteiger partial charge in [0.25, 0.3) is 0 Å². The Morgan fingerprint density at radius 1 is 1.07 bits per heavy atom. The predicted molar refractivity (Wildman–Crippen MR) is 59.7 cm³/mol. The zero-order valence-corrected chi connectivity index (χ0v) is 9.54. The van der Waals surface area contributed by atoms with Crippen molar-refractivity contribution in [1.29, 1.82) is 0 Å². The van der Waals surface area contributed by atoms with E-state index in [2.05, 4.69) is 0 Å². The Bertz CT molecular complexity index is 201. The highest BCUT2D eigenvalue weighted by Crippen LogP contribution is 2.29. The topological polar surface area (TPSA) is 26.3 Å². The molecule has 0 spiro atoms. The van der Waals surface area contributed by atoms with Crippen LogP contribution in [-0.2, 0) is 9.53 Å². The van der Waals surface area contributed by atoms with Crippen molar-refractivity contribution in [1.82, 2.24) is 0 Å². The monoisotopic (exact) mass is 210 g/mol. The third-order valence-electron chi connectivity index (χ3n) is 3.95. The van der Waals surface area contributed by atoms with Crippen LogP contribution < -0.4 is 0 Å². The molecule has 2 nitrogen and oxygen atoms in total. The third-order valence-corrected chi connectivity index (χ3v) is 3.95. The van der Waals surface area contributed by atoms with Crippen molar-refractivity contribution < 1.29 is 9.53 Å². The van der Waals surface area contributed by atoms with Gasteiger partial charge in [-0.25, -0.2) is 0 Å². The molecule has 0 radical (unpaired) electrons. The van der Waals surface area contributed by atoms with E-state index >= 15 is 0 Å². The van der Waals surface area contributed by atoms with Crippen molar-refractivity contribution in [3.8, 4) is 0 Å². The summed E-state index contributed by atoms with van der Waals surface area (Å²) < 4.78 is 5.28. The number of rotatable bonds is 4. The summed E-state index contributed by atoms with van der Waals surface area (Å²) in [4.78, 5) is 11.9. The van der Waals surface area contributed by atoms with E-state index in [4.69, 9.17) is 4.74 Å². The Hall–Kier alpha value is -0.370. The van der Waals surface area contributed by atoms with Gasteiger partial charge in [-0.1, -0.05) is 25.7 Å². The zero-order chi connectivity index (χ0) is 10.5. The summed E-state index contributed by atoms with van der Waals surface area (Å²) in [7, 11) is 0. The molecule has 1 saturated heterocycles. The van der Waals surface area contributed by atoms with Gasteiger partial charge < -0.3 is 4.74 Å². The van der Waals surface area contributed by atoms with Gasteiger partial charge in [0.05, 0.1) is 0 Å². The third kappa shape index (κ3) is 3.30. The molecular formula is C13H22O2. The van der Waals surface area contributed by atoms with Gasteiger partial charge in [-0.3, -0.25) is 4.79 Å². The summed E-state index contributed by atoms with van der Waals surface area (Å²) in [6.07, 6.45) is 9.40. The van der Waals surface area contributed by atoms with Gasteiger partial charge in [-0.15, -0.1) is 0 Å². The number of ketones is 1. The number of Topliss-reactive ketones (excluding diaryl/α,β-unsaturated/α-hetero) is 1. The summed E-state index contributed by atoms with van der Waals surface area (Å²) in [5, 5.41) is 0. The fraction of sp³-hybridized carbons (Fsp3) is 0.923. The molecule has 86 valence electrons. The maximum atomic E-state index is 11.9. The minimum absolute atomic E-state index is 0.320. The van der Waals surface area contributed by atoms with Gasteiger partial charge in [-0.2, -0.15) is 0 Å². The number of hydrogen-bond donors (Lipinski definition) is 0. The van der Waals surface area contributed by atoms with Crippen molar-refractivity contribution >= 4 is 5.78 Å². The van der Waals surface area contributed by atoms with E-state index in [0.717, 1.165) is 44.8 Å². The Labute approximate surface area is 92.4 Å². The van der Waals surface area contributed by atoms with Crippen LogP contribution in [0, 0.1) is 11.8 Å². The number of carbonyl (C=O) groups is 1. The van der Waals surface area contributed by atoms with Gasteiger partial charge in [0.2, 0.25) is 0 Å². The fourth-order valence-electron chi connectivity index (χ4n) is 2.87. The standard InChI is InChI=1S/C13H22O2/c14-13(12-7-9-15-10-8-12)6-5-11-3-1-2-4-11/h11-12H,1-10H2. The van der Waals surface area contributed by atoms with Crippen LogP contribution >= 0.6 is 0 Å². The predicted octanol–water partition coefficient (Wildman–Crippen LogP) is 2.95. The van der Waals surface area contributed by atoms with E-state index < -0.39 is 0 Å². The van der Waals surface area contributed by atoms with E-state index in [1.165, 1.54) is 25.7 Å². The minimum atomic E-state index is 0.320. The second-order valence-electron chi connectivity index (χ2n) is 5.04. The number of hydrogen-bond acceptors (Lipinski definition) is 2. The molecule has 2 heteroatoms. The molecule has 2 rings (SSSR count). The highest BCUT2D eigenvalue weighted by Gasteiger charge is 2.23. The lowest BCUT2D eigenvalue weighted by molar-refractivity contribution is -0.125. The van der Waals surface area contributed by atoms with Gasteiger partial charge in [-0.05, 0) is 25.2 Å².